The highest BCUT2D eigenvalue weighted by Gasteiger charge is 2.39. The lowest BCUT2D eigenvalue weighted by Gasteiger charge is -2.36. The zero-order chi connectivity index (χ0) is 14.0. The highest BCUT2D eigenvalue weighted by atomic mass is 19.1. The van der Waals surface area contributed by atoms with Gasteiger partial charge in [-0.05, 0) is 31.0 Å². The van der Waals surface area contributed by atoms with E-state index in [2.05, 4.69) is 11.9 Å². The van der Waals surface area contributed by atoms with Crippen molar-refractivity contribution in [2.75, 3.05) is 20.2 Å². The van der Waals surface area contributed by atoms with E-state index < -0.39 is 0 Å². The van der Waals surface area contributed by atoms with E-state index in [-0.39, 0.29) is 17.1 Å². The van der Waals surface area contributed by atoms with Gasteiger partial charge in [0, 0.05) is 6.54 Å². The fraction of sp³-hybridized carbons (Fsp3) is 0.500. The first-order chi connectivity index (χ1) is 9.02. The average Bonchev–Trinajstić information content (AvgIpc) is 2.69. The Morgan fingerprint density at radius 1 is 1.53 bits per heavy atom. The lowest BCUT2D eigenvalue weighted by Crippen LogP contribution is -2.47. The summed E-state index contributed by atoms with van der Waals surface area (Å²) in [6.45, 7) is 5.47. The minimum absolute atomic E-state index is 0.251. The SMILES string of the molecule is CCCN1C(N)=NCC1(C)c1ccc(OC)c(F)c1. The Kier molecular flexibility index (Phi) is 3.64. The summed E-state index contributed by atoms with van der Waals surface area (Å²) < 4.78 is 18.8. The standard InChI is InChI=1S/C14H20FN3O/c1-4-7-18-13(16)17-9-14(18,2)10-5-6-12(19-3)11(15)8-10/h5-6,8H,4,7,9H2,1-3H3,(H2,16,17). The lowest BCUT2D eigenvalue weighted by molar-refractivity contribution is 0.224. The quantitative estimate of drug-likeness (QED) is 0.907. The Morgan fingerprint density at radius 3 is 2.84 bits per heavy atom. The number of halogens is 1. The third-order valence-electron chi connectivity index (χ3n) is 3.64. The van der Waals surface area contributed by atoms with Crippen molar-refractivity contribution in [3.05, 3.63) is 29.6 Å². The summed E-state index contributed by atoms with van der Waals surface area (Å²) in [6, 6.07) is 5.03. The van der Waals surface area contributed by atoms with Gasteiger partial charge >= 0.3 is 0 Å². The molecule has 0 amide bonds. The van der Waals surface area contributed by atoms with Crippen LogP contribution in [0.15, 0.2) is 23.2 Å². The van der Waals surface area contributed by atoms with Crippen LogP contribution in [-0.4, -0.2) is 31.1 Å². The molecule has 5 heteroatoms. The van der Waals surface area contributed by atoms with Crippen LogP contribution in [0, 0.1) is 5.82 Å². The Morgan fingerprint density at radius 2 is 2.26 bits per heavy atom. The number of benzene rings is 1. The topological polar surface area (TPSA) is 50.8 Å². The molecule has 0 aliphatic carbocycles. The summed E-state index contributed by atoms with van der Waals surface area (Å²) in [5.41, 5.74) is 6.41. The Balaban J connectivity index is 2.37. The maximum Gasteiger partial charge on any atom is 0.192 e. The van der Waals surface area contributed by atoms with Gasteiger partial charge in [0.15, 0.2) is 17.5 Å². The molecule has 1 unspecified atom stereocenters. The van der Waals surface area contributed by atoms with Crippen molar-refractivity contribution < 1.29 is 9.13 Å². The molecular weight excluding hydrogens is 245 g/mol. The van der Waals surface area contributed by atoms with Crippen LogP contribution in [0.1, 0.15) is 25.8 Å². The Labute approximate surface area is 113 Å². The third-order valence-corrected chi connectivity index (χ3v) is 3.64. The van der Waals surface area contributed by atoms with Gasteiger partial charge < -0.3 is 15.4 Å². The van der Waals surface area contributed by atoms with Gasteiger partial charge in [0.1, 0.15) is 0 Å². The number of hydrogen-bond acceptors (Lipinski definition) is 4. The Hall–Kier alpha value is -1.78. The van der Waals surface area contributed by atoms with Crippen LogP contribution in [0.2, 0.25) is 0 Å². The Bertz CT molecular complexity index is 503. The maximum atomic E-state index is 13.9. The number of nitrogens with zero attached hydrogens (tertiary/aromatic N) is 2. The van der Waals surface area contributed by atoms with Crippen LogP contribution in [0.3, 0.4) is 0 Å². The molecule has 0 aromatic heterocycles. The first-order valence-corrected chi connectivity index (χ1v) is 6.44. The number of guanidine groups is 1. The number of methoxy groups -OCH3 is 1. The largest absolute Gasteiger partial charge is 0.494 e. The van der Waals surface area contributed by atoms with Crippen LogP contribution in [-0.2, 0) is 5.54 Å². The predicted octanol–water partition coefficient (Wildman–Crippen LogP) is 2.09. The number of nitrogens with two attached hydrogens (primary N) is 1. The van der Waals surface area contributed by atoms with Gasteiger partial charge in [-0.3, -0.25) is 4.99 Å². The fourth-order valence-corrected chi connectivity index (χ4v) is 2.49. The summed E-state index contributed by atoms with van der Waals surface area (Å²) in [6.07, 6.45) is 0.963. The van der Waals surface area contributed by atoms with Crippen molar-refractivity contribution in [1.29, 1.82) is 0 Å². The summed E-state index contributed by atoms with van der Waals surface area (Å²) in [4.78, 5) is 6.34. The second-order valence-corrected chi connectivity index (χ2v) is 4.95. The van der Waals surface area contributed by atoms with E-state index in [0.29, 0.717) is 12.5 Å². The van der Waals surface area contributed by atoms with Gasteiger partial charge in [0.2, 0.25) is 0 Å². The molecule has 2 rings (SSSR count). The van der Waals surface area contributed by atoms with Crippen molar-refractivity contribution in [3.63, 3.8) is 0 Å². The zero-order valence-corrected chi connectivity index (χ0v) is 11.6. The molecule has 0 spiro atoms. The van der Waals surface area contributed by atoms with Crippen molar-refractivity contribution in [2.24, 2.45) is 10.7 Å². The smallest absolute Gasteiger partial charge is 0.192 e. The molecule has 1 heterocycles. The third kappa shape index (κ3) is 2.25. The molecule has 2 N–H and O–H groups in total. The van der Waals surface area contributed by atoms with E-state index in [9.17, 15) is 4.39 Å². The van der Waals surface area contributed by atoms with E-state index in [1.54, 1.807) is 6.07 Å². The molecule has 0 radical (unpaired) electrons. The van der Waals surface area contributed by atoms with Crippen molar-refractivity contribution in [3.8, 4) is 5.75 Å². The van der Waals surface area contributed by atoms with E-state index in [4.69, 9.17) is 10.5 Å². The molecule has 0 bridgehead atoms. The molecule has 1 aliphatic heterocycles. The number of ether oxygens (including phenoxy) is 1. The molecule has 4 nitrogen and oxygen atoms in total. The van der Waals surface area contributed by atoms with Gasteiger partial charge in [0.05, 0.1) is 19.2 Å². The average molecular weight is 265 g/mol. The van der Waals surface area contributed by atoms with Gasteiger partial charge in [-0.2, -0.15) is 0 Å². The molecule has 19 heavy (non-hydrogen) atoms. The molecule has 1 atom stereocenters. The minimum atomic E-state index is -0.382. The minimum Gasteiger partial charge on any atom is -0.494 e. The van der Waals surface area contributed by atoms with Gasteiger partial charge in [-0.15, -0.1) is 0 Å². The lowest BCUT2D eigenvalue weighted by atomic mass is 9.90. The highest BCUT2D eigenvalue weighted by Crippen LogP contribution is 2.34. The molecule has 0 saturated heterocycles. The summed E-state index contributed by atoms with van der Waals surface area (Å²) in [5, 5.41) is 0. The first-order valence-electron chi connectivity index (χ1n) is 6.44. The fourth-order valence-electron chi connectivity index (χ4n) is 2.49. The molecular formula is C14H20FN3O. The first kappa shape index (κ1) is 13.6. The van der Waals surface area contributed by atoms with Crippen LogP contribution >= 0.6 is 0 Å². The molecule has 1 aromatic rings. The monoisotopic (exact) mass is 265 g/mol. The van der Waals surface area contributed by atoms with Gasteiger partial charge in [0.25, 0.3) is 0 Å². The molecule has 1 aromatic carbocycles. The second-order valence-electron chi connectivity index (χ2n) is 4.95. The second kappa shape index (κ2) is 5.07. The van der Waals surface area contributed by atoms with Crippen molar-refractivity contribution in [2.45, 2.75) is 25.8 Å². The zero-order valence-electron chi connectivity index (χ0n) is 11.6. The van der Waals surface area contributed by atoms with E-state index in [1.807, 2.05) is 17.9 Å². The number of aliphatic imine (C=N–C) groups is 1. The highest BCUT2D eigenvalue weighted by molar-refractivity contribution is 5.81. The van der Waals surface area contributed by atoms with E-state index in [1.165, 1.54) is 13.2 Å². The summed E-state index contributed by atoms with van der Waals surface area (Å²) in [7, 11) is 1.46. The number of rotatable bonds is 4. The molecule has 0 fully saturated rings. The van der Waals surface area contributed by atoms with E-state index in [0.717, 1.165) is 18.5 Å². The normalized spacial score (nSPS) is 22.5. The van der Waals surface area contributed by atoms with Crippen LogP contribution in [0.25, 0.3) is 0 Å². The van der Waals surface area contributed by atoms with Crippen molar-refractivity contribution in [1.82, 2.24) is 4.90 Å². The molecule has 1 aliphatic rings. The van der Waals surface area contributed by atoms with E-state index >= 15 is 0 Å². The molecule has 0 saturated carbocycles. The van der Waals surface area contributed by atoms with Crippen LogP contribution in [0.5, 0.6) is 5.75 Å². The molecule has 104 valence electrons. The maximum absolute atomic E-state index is 13.9. The van der Waals surface area contributed by atoms with Crippen LogP contribution < -0.4 is 10.5 Å². The predicted molar refractivity (Wildman–Crippen MR) is 73.8 cm³/mol. The summed E-state index contributed by atoms with van der Waals surface area (Å²) in [5.74, 6) is 0.421. The van der Waals surface area contributed by atoms with Crippen LogP contribution in [0.4, 0.5) is 4.39 Å². The van der Waals surface area contributed by atoms with Gasteiger partial charge in [-0.25, -0.2) is 4.39 Å². The van der Waals surface area contributed by atoms with Gasteiger partial charge in [-0.1, -0.05) is 13.0 Å². The number of hydrogen-bond donors (Lipinski definition) is 1. The van der Waals surface area contributed by atoms with Crippen molar-refractivity contribution >= 4 is 5.96 Å². The summed E-state index contributed by atoms with van der Waals surface area (Å²) >= 11 is 0.